The molecule has 0 bridgehead atoms. The number of nitrogens with zero attached hydrogens (tertiary/aromatic N) is 5. The normalized spacial score (nSPS) is 13.3. The summed E-state index contributed by atoms with van der Waals surface area (Å²) in [6.07, 6.45) is -2.59. The second kappa shape index (κ2) is 5.90. The summed E-state index contributed by atoms with van der Waals surface area (Å²) in [5.74, 6) is -0.206. The summed E-state index contributed by atoms with van der Waals surface area (Å²) in [4.78, 5) is 23.0. The molecule has 1 atom stereocenters. The summed E-state index contributed by atoms with van der Waals surface area (Å²) in [5, 5.41) is 9.27. The van der Waals surface area contributed by atoms with E-state index in [1.807, 2.05) is 0 Å². The molecule has 0 spiro atoms. The highest BCUT2D eigenvalue weighted by Crippen LogP contribution is 2.41. The summed E-state index contributed by atoms with van der Waals surface area (Å²) >= 11 is 17.7. The molecular formula is C10H10Cl3FN6O2. The van der Waals surface area contributed by atoms with Crippen molar-refractivity contribution in [3.63, 3.8) is 0 Å². The molecule has 1 amide bonds. The molecule has 0 fully saturated rings. The van der Waals surface area contributed by atoms with Crippen molar-refractivity contribution in [2.24, 2.45) is 0 Å². The van der Waals surface area contributed by atoms with Crippen molar-refractivity contribution < 1.29 is 14.3 Å². The van der Waals surface area contributed by atoms with Gasteiger partial charge in [0.2, 0.25) is 3.79 Å². The Morgan fingerprint density at radius 3 is 2.68 bits per heavy atom. The first-order valence-corrected chi connectivity index (χ1v) is 7.02. The molecule has 1 unspecified atom stereocenters. The smallest absolute Gasteiger partial charge is 0.409 e. The van der Waals surface area contributed by atoms with Crippen LogP contribution in [-0.4, -0.2) is 46.0 Å². The lowest BCUT2D eigenvalue weighted by molar-refractivity contribution is 0.108. The van der Waals surface area contributed by atoms with Gasteiger partial charge < -0.3 is 10.8 Å². The standard InChI is InChI=1S/C10H10Cl3FN6O2/c1-2-19(9(21)22)7(10(11,12)13)20-3-16-4-5(15)17-8(14)18-6(4)20/h3,7H,2H2,1H3,(H,21,22)(H2,15,17,18). The molecule has 22 heavy (non-hydrogen) atoms. The van der Waals surface area contributed by atoms with Crippen molar-refractivity contribution in [1.82, 2.24) is 24.4 Å². The molecule has 0 saturated heterocycles. The van der Waals surface area contributed by atoms with Gasteiger partial charge in [-0.1, -0.05) is 34.8 Å². The van der Waals surface area contributed by atoms with E-state index in [0.29, 0.717) is 0 Å². The van der Waals surface area contributed by atoms with Crippen LogP contribution in [0, 0.1) is 6.08 Å². The number of nitrogens with two attached hydrogens (primary N) is 1. The van der Waals surface area contributed by atoms with Gasteiger partial charge in [0.1, 0.15) is 0 Å². The van der Waals surface area contributed by atoms with E-state index in [9.17, 15) is 14.3 Å². The first-order chi connectivity index (χ1) is 10.2. The lowest BCUT2D eigenvalue weighted by Gasteiger charge is -2.34. The predicted molar refractivity (Wildman–Crippen MR) is 79.4 cm³/mol. The summed E-state index contributed by atoms with van der Waals surface area (Å²) in [6.45, 7) is 1.57. The van der Waals surface area contributed by atoms with E-state index in [4.69, 9.17) is 40.5 Å². The lowest BCUT2D eigenvalue weighted by Crippen LogP contribution is -2.43. The average Bonchev–Trinajstić information content (AvgIpc) is 2.77. The van der Waals surface area contributed by atoms with E-state index in [-0.39, 0.29) is 23.5 Å². The van der Waals surface area contributed by atoms with Crippen LogP contribution in [0.5, 0.6) is 0 Å². The number of hydrogen-bond donors (Lipinski definition) is 2. The summed E-state index contributed by atoms with van der Waals surface area (Å²) in [5.41, 5.74) is 5.54. The van der Waals surface area contributed by atoms with Crippen LogP contribution in [0.1, 0.15) is 13.1 Å². The van der Waals surface area contributed by atoms with Crippen molar-refractivity contribution in [2.75, 3.05) is 12.3 Å². The summed E-state index contributed by atoms with van der Waals surface area (Å²) < 4.78 is 12.5. The predicted octanol–water partition coefficient (Wildman–Crippen LogP) is 2.42. The summed E-state index contributed by atoms with van der Waals surface area (Å²) in [6, 6.07) is 0. The number of anilines is 1. The van der Waals surface area contributed by atoms with Gasteiger partial charge in [-0.25, -0.2) is 9.78 Å². The molecule has 12 heteroatoms. The van der Waals surface area contributed by atoms with Gasteiger partial charge in [-0.3, -0.25) is 9.47 Å². The van der Waals surface area contributed by atoms with Crippen molar-refractivity contribution in [1.29, 1.82) is 0 Å². The number of carbonyl (C=O) groups is 1. The molecule has 0 saturated carbocycles. The van der Waals surface area contributed by atoms with Crippen molar-refractivity contribution in [2.45, 2.75) is 16.9 Å². The zero-order valence-corrected chi connectivity index (χ0v) is 13.3. The first kappa shape index (κ1) is 16.8. The van der Waals surface area contributed by atoms with Gasteiger partial charge in [0.25, 0.3) is 0 Å². The Labute approximate surface area is 138 Å². The maximum atomic E-state index is 13.4. The molecule has 0 aromatic carbocycles. The number of amides is 1. The monoisotopic (exact) mass is 370 g/mol. The van der Waals surface area contributed by atoms with E-state index in [1.165, 1.54) is 0 Å². The van der Waals surface area contributed by atoms with Crippen molar-refractivity contribution in [3.05, 3.63) is 12.4 Å². The first-order valence-electron chi connectivity index (χ1n) is 5.88. The van der Waals surface area contributed by atoms with E-state index in [1.54, 1.807) is 6.92 Å². The minimum absolute atomic E-state index is 0.0105. The SMILES string of the molecule is CCN(C(=O)O)C(n1cnc2c(N)nc(F)nc21)C(Cl)(Cl)Cl. The molecule has 2 rings (SSSR count). The number of imidazole rings is 1. The molecule has 3 N–H and O–H groups in total. The Morgan fingerprint density at radius 2 is 2.18 bits per heavy atom. The van der Waals surface area contributed by atoms with E-state index in [0.717, 1.165) is 15.8 Å². The largest absolute Gasteiger partial charge is 0.465 e. The fraction of sp³-hybridized carbons (Fsp3) is 0.400. The Bertz CT molecular complexity index is 718. The van der Waals surface area contributed by atoms with Crippen molar-refractivity contribution in [3.8, 4) is 0 Å². The molecule has 2 heterocycles. The third kappa shape index (κ3) is 2.96. The van der Waals surface area contributed by atoms with Crippen LogP contribution in [0.3, 0.4) is 0 Å². The molecule has 0 aliphatic rings. The van der Waals surface area contributed by atoms with Crippen LogP contribution >= 0.6 is 34.8 Å². The molecular weight excluding hydrogens is 362 g/mol. The van der Waals surface area contributed by atoms with Gasteiger partial charge in [-0.05, 0) is 6.92 Å². The Morgan fingerprint density at radius 1 is 1.55 bits per heavy atom. The number of fused-ring (bicyclic) bond motifs is 1. The van der Waals surface area contributed by atoms with Crippen LogP contribution < -0.4 is 5.73 Å². The van der Waals surface area contributed by atoms with Gasteiger partial charge >= 0.3 is 12.2 Å². The quantitative estimate of drug-likeness (QED) is 0.633. The number of hydrogen-bond acceptors (Lipinski definition) is 5. The Kier molecular flexibility index (Phi) is 4.50. The van der Waals surface area contributed by atoms with E-state index < -0.39 is 22.1 Å². The van der Waals surface area contributed by atoms with Crippen LogP contribution in [0.25, 0.3) is 11.2 Å². The van der Waals surface area contributed by atoms with Gasteiger partial charge in [0.05, 0.1) is 6.33 Å². The summed E-state index contributed by atoms with van der Waals surface area (Å²) in [7, 11) is 0. The molecule has 2 aromatic heterocycles. The zero-order valence-electron chi connectivity index (χ0n) is 11.0. The van der Waals surface area contributed by atoms with E-state index >= 15 is 0 Å². The number of aromatic nitrogens is 4. The van der Waals surface area contributed by atoms with Crippen LogP contribution in [-0.2, 0) is 0 Å². The highest BCUT2D eigenvalue weighted by atomic mass is 35.6. The number of alkyl halides is 3. The highest BCUT2D eigenvalue weighted by molar-refractivity contribution is 6.67. The van der Waals surface area contributed by atoms with E-state index in [2.05, 4.69) is 15.0 Å². The van der Waals surface area contributed by atoms with Gasteiger partial charge in [0, 0.05) is 6.54 Å². The minimum atomic E-state index is -2.06. The topological polar surface area (TPSA) is 110 Å². The Balaban J connectivity index is 2.70. The van der Waals surface area contributed by atoms with Crippen LogP contribution in [0.15, 0.2) is 6.33 Å². The minimum Gasteiger partial charge on any atom is -0.465 e. The molecule has 2 aromatic rings. The third-order valence-electron chi connectivity index (χ3n) is 2.86. The molecule has 8 nitrogen and oxygen atoms in total. The second-order valence-electron chi connectivity index (χ2n) is 4.19. The highest BCUT2D eigenvalue weighted by Gasteiger charge is 2.41. The van der Waals surface area contributed by atoms with Gasteiger partial charge in [-0.2, -0.15) is 14.4 Å². The molecule has 120 valence electrons. The maximum Gasteiger partial charge on any atom is 0.409 e. The van der Waals surface area contributed by atoms with Crippen LogP contribution in [0.2, 0.25) is 0 Å². The number of carboxylic acid groups (broad SMARTS) is 1. The molecule has 0 aliphatic heterocycles. The maximum absolute atomic E-state index is 13.4. The third-order valence-corrected chi connectivity index (χ3v) is 3.44. The second-order valence-corrected chi connectivity index (χ2v) is 6.55. The fourth-order valence-electron chi connectivity index (χ4n) is 1.99. The number of halogens is 4. The fourth-order valence-corrected chi connectivity index (χ4v) is 2.66. The number of rotatable bonds is 3. The number of nitrogen functional groups attached to an aromatic ring is 1. The Hall–Kier alpha value is -1.58. The molecule has 0 aliphatic carbocycles. The van der Waals surface area contributed by atoms with Gasteiger partial charge in [-0.15, -0.1) is 0 Å². The van der Waals surface area contributed by atoms with Crippen LogP contribution in [0.4, 0.5) is 15.0 Å². The van der Waals surface area contributed by atoms with Gasteiger partial charge in [0.15, 0.2) is 23.1 Å². The molecule has 0 radical (unpaired) electrons. The van der Waals surface area contributed by atoms with Crippen molar-refractivity contribution >= 4 is 57.9 Å². The lowest BCUT2D eigenvalue weighted by atomic mass is 10.4. The zero-order chi connectivity index (χ0) is 16.7. The average molecular weight is 372 g/mol.